The molecule has 1 aliphatic rings. The van der Waals surface area contributed by atoms with E-state index >= 15 is 0 Å². The minimum atomic E-state index is -1.07. The van der Waals surface area contributed by atoms with Gasteiger partial charge in [0.1, 0.15) is 0 Å². The third-order valence-corrected chi connectivity index (χ3v) is 5.56. The van der Waals surface area contributed by atoms with E-state index in [-0.39, 0.29) is 11.5 Å². The molecule has 1 aliphatic heterocycles. The molecule has 0 saturated heterocycles. The van der Waals surface area contributed by atoms with Crippen LogP contribution in [0.15, 0.2) is 66.0 Å². The summed E-state index contributed by atoms with van der Waals surface area (Å²) in [5.74, 6) is 0.221. The predicted molar refractivity (Wildman–Crippen MR) is 115 cm³/mol. The van der Waals surface area contributed by atoms with E-state index in [9.17, 15) is 9.59 Å². The van der Waals surface area contributed by atoms with Crippen molar-refractivity contribution in [3.8, 4) is 0 Å². The number of carboxylic acid groups (broad SMARTS) is 1. The highest BCUT2D eigenvalue weighted by molar-refractivity contribution is 5.74. The summed E-state index contributed by atoms with van der Waals surface area (Å²) in [4.78, 5) is 35.0. The Morgan fingerprint density at radius 2 is 1.87 bits per heavy atom. The van der Waals surface area contributed by atoms with Crippen molar-refractivity contribution in [3.05, 3.63) is 88.5 Å². The first-order valence-corrected chi connectivity index (χ1v) is 9.80. The third-order valence-electron chi connectivity index (χ3n) is 5.56. The molecule has 0 saturated carbocycles. The topological polar surface area (TPSA) is 97.7 Å². The van der Waals surface area contributed by atoms with Crippen LogP contribution in [-0.4, -0.2) is 39.6 Å². The molecule has 156 valence electrons. The van der Waals surface area contributed by atoms with Gasteiger partial charge in [0.2, 0.25) is 5.78 Å². The standard InChI is InChI=1S/C22H20N6O3/c1-14-17(16-8-10-26(11-9-16)22(30)31)28-20(29)18-19(25(2)21(28)24-14)23-13-27(18)12-15-6-4-3-5-7-15/h3-11,13,16H,12H2,1-2H3,(H,30,31). The number of benzene rings is 1. The van der Waals surface area contributed by atoms with Crippen LogP contribution < -0.4 is 5.56 Å². The maximum atomic E-state index is 13.7. The van der Waals surface area contributed by atoms with Gasteiger partial charge in [-0.05, 0) is 12.5 Å². The smallest absolute Gasteiger partial charge is 0.415 e. The summed E-state index contributed by atoms with van der Waals surface area (Å²) in [6.45, 7) is 2.38. The largest absolute Gasteiger partial charge is 0.464 e. The van der Waals surface area contributed by atoms with Gasteiger partial charge < -0.3 is 9.67 Å². The van der Waals surface area contributed by atoms with E-state index in [4.69, 9.17) is 5.11 Å². The molecule has 0 aliphatic carbocycles. The summed E-state index contributed by atoms with van der Waals surface area (Å²) in [5, 5.41) is 9.15. The van der Waals surface area contributed by atoms with Gasteiger partial charge in [-0.25, -0.2) is 19.2 Å². The van der Waals surface area contributed by atoms with Gasteiger partial charge in [0, 0.05) is 31.9 Å². The molecule has 5 rings (SSSR count). The average molecular weight is 416 g/mol. The Labute approximate surface area is 176 Å². The molecule has 4 aromatic rings. The molecule has 4 heterocycles. The predicted octanol–water partition coefficient (Wildman–Crippen LogP) is 2.84. The Morgan fingerprint density at radius 1 is 1.16 bits per heavy atom. The minimum absolute atomic E-state index is 0.199. The van der Waals surface area contributed by atoms with E-state index in [1.165, 1.54) is 12.4 Å². The zero-order chi connectivity index (χ0) is 21.7. The molecule has 0 atom stereocenters. The van der Waals surface area contributed by atoms with Crippen molar-refractivity contribution in [1.82, 2.24) is 28.4 Å². The number of allylic oxidation sites excluding steroid dienone is 2. The molecule has 31 heavy (non-hydrogen) atoms. The first-order chi connectivity index (χ1) is 15.0. The Morgan fingerprint density at radius 3 is 2.55 bits per heavy atom. The maximum absolute atomic E-state index is 13.7. The Balaban J connectivity index is 1.70. The molecule has 0 bridgehead atoms. The number of rotatable bonds is 3. The number of aryl methyl sites for hydroxylation is 2. The highest BCUT2D eigenvalue weighted by Crippen LogP contribution is 2.27. The Hall–Kier alpha value is -4.14. The Kier molecular flexibility index (Phi) is 4.25. The minimum Gasteiger partial charge on any atom is -0.464 e. The van der Waals surface area contributed by atoms with Gasteiger partial charge in [-0.1, -0.05) is 42.5 Å². The van der Waals surface area contributed by atoms with Gasteiger partial charge in [0.05, 0.1) is 17.7 Å². The van der Waals surface area contributed by atoms with Crippen LogP contribution in [0.1, 0.15) is 22.9 Å². The molecule has 9 heteroatoms. The van der Waals surface area contributed by atoms with E-state index in [1.807, 2.05) is 53.4 Å². The van der Waals surface area contributed by atoms with Gasteiger partial charge >= 0.3 is 6.09 Å². The normalized spacial score (nSPS) is 14.2. The van der Waals surface area contributed by atoms with Gasteiger partial charge in [0.15, 0.2) is 11.2 Å². The fourth-order valence-corrected chi connectivity index (χ4v) is 4.07. The first-order valence-electron chi connectivity index (χ1n) is 9.80. The van der Waals surface area contributed by atoms with Gasteiger partial charge in [0.25, 0.3) is 5.56 Å². The zero-order valence-corrected chi connectivity index (χ0v) is 17.0. The number of hydrogen-bond donors (Lipinski definition) is 1. The summed E-state index contributed by atoms with van der Waals surface area (Å²) in [5.41, 5.74) is 3.35. The fraction of sp³-hybridized carbons (Fsp3) is 0.182. The van der Waals surface area contributed by atoms with E-state index in [0.717, 1.165) is 10.5 Å². The van der Waals surface area contributed by atoms with Crippen LogP contribution in [0.25, 0.3) is 16.9 Å². The summed E-state index contributed by atoms with van der Waals surface area (Å²) in [6.07, 6.45) is 7.06. The number of hydrogen-bond acceptors (Lipinski definition) is 4. The lowest BCUT2D eigenvalue weighted by molar-refractivity contribution is 0.175. The lowest BCUT2D eigenvalue weighted by Gasteiger charge is -2.18. The second-order valence-electron chi connectivity index (χ2n) is 7.51. The molecular weight excluding hydrogens is 396 g/mol. The Bertz CT molecular complexity index is 1430. The molecule has 1 aromatic carbocycles. The summed E-state index contributed by atoms with van der Waals surface area (Å²) in [6, 6.07) is 9.89. The average Bonchev–Trinajstić information content (AvgIpc) is 3.34. The van der Waals surface area contributed by atoms with Crippen molar-refractivity contribution < 1.29 is 9.90 Å². The lowest BCUT2D eigenvalue weighted by Crippen LogP contribution is -2.24. The van der Waals surface area contributed by atoms with Gasteiger partial charge in [-0.3, -0.25) is 14.3 Å². The van der Waals surface area contributed by atoms with Crippen molar-refractivity contribution in [2.75, 3.05) is 0 Å². The number of amides is 1. The first kappa shape index (κ1) is 18.9. The number of nitrogens with zero attached hydrogens (tertiary/aromatic N) is 6. The maximum Gasteiger partial charge on any atom is 0.415 e. The van der Waals surface area contributed by atoms with Gasteiger partial charge in [-0.2, -0.15) is 0 Å². The van der Waals surface area contributed by atoms with Crippen molar-refractivity contribution in [2.45, 2.75) is 19.4 Å². The number of aromatic nitrogens is 5. The van der Waals surface area contributed by atoms with Crippen molar-refractivity contribution >= 4 is 23.0 Å². The quantitative estimate of drug-likeness (QED) is 0.554. The molecule has 0 fully saturated rings. The summed E-state index contributed by atoms with van der Waals surface area (Å²) < 4.78 is 5.27. The fourth-order valence-electron chi connectivity index (χ4n) is 4.07. The zero-order valence-electron chi connectivity index (χ0n) is 17.0. The number of carbonyl (C=O) groups is 1. The van der Waals surface area contributed by atoms with Crippen LogP contribution >= 0.6 is 0 Å². The van der Waals surface area contributed by atoms with Crippen molar-refractivity contribution in [1.29, 1.82) is 0 Å². The SMILES string of the molecule is Cc1nc2n(C)c3ncn(Cc4ccccc4)c3c(=O)n2c1C1C=CN(C(=O)O)C=C1. The molecular formula is C22H20N6O3. The van der Waals surface area contributed by atoms with E-state index in [1.54, 1.807) is 22.9 Å². The second kappa shape index (κ2) is 6.98. The third kappa shape index (κ3) is 2.93. The second-order valence-corrected chi connectivity index (χ2v) is 7.51. The number of fused-ring (bicyclic) bond motifs is 2. The molecule has 0 unspecified atom stereocenters. The van der Waals surface area contributed by atoms with Crippen LogP contribution in [-0.2, 0) is 13.6 Å². The molecule has 0 spiro atoms. The van der Waals surface area contributed by atoms with Crippen LogP contribution in [0.5, 0.6) is 0 Å². The number of imidazole rings is 2. The van der Waals surface area contributed by atoms with E-state index in [0.29, 0.717) is 34.9 Å². The summed E-state index contributed by atoms with van der Waals surface area (Å²) in [7, 11) is 1.84. The van der Waals surface area contributed by atoms with Gasteiger partial charge in [-0.15, -0.1) is 0 Å². The van der Waals surface area contributed by atoms with Crippen LogP contribution in [0.3, 0.4) is 0 Å². The molecule has 1 N–H and O–H groups in total. The van der Waals surface area contributed by atoms with Crippen LogP contribution in [0, 0.1) is 6.92 Å². The van der Waals surface area contributed by atoms with Crippen molar-refractivity contribution in [2.24, 2.45) is 7.05 Å². The van der Waals surface area contributed by atoms with Crippen molar-refractivity contribution in [3.63, 3.8) is 0 Å². The highest BCUT2D eigenvalue weighted by Gasteiger charge is 2.24. The lowest BCUT2D eigenvalue weighted by atomic mass is 10.0. The molecule has 0 radical (unpaired) electrons. The molecule has 9 nitrogen and oxygen atoms in total. The monoisotopic (exact) mass is 416 g/mol. The van der Waals surface area contributed by atoms with Crippen LogP contribution in [0.2, 0.25) is 0 Å². The van der Waals surface area contributed by atoms with E-state index in [2.05, 4.69) is 9.97 Å². The summed E-state index contributed by atoms with van der Waals surface area (Å²) >= 11 is 0. The molecule has 1 amide bonds. The molecule has 3 aromatic heterocycles. The highest BCUT2D eigenvalue weighted by atomic mass is 16.4. The van der Waals surface area contributed by atoms with Crippen LogP contribution in [0.4, 0.5) is 4.79 Å². The van der Waals surface area contributed by atoms with E-state index < -0.39 is 6.09 Å².